The van der Waals surface area contributed by atoms with Crippen LogP contribution in [0.3, 0.4) is 0 Å². The van der Waals surface area contributed by atoms with Crippen LogP contribution in [0.2, 0.25) is 0 Å². The predicted octanol–water partition coefficient (Wildman–Crippen LogP) is 4.06. The van der Waals surface area contributed by atoms with Gasteiger partial charge in [0.15, 0.2) is 0 Å². The molecule has 0 heterocycles. The summed E-state index contributed by atoms with van der Waals surface area (Å²) >= 11 is 0. The van der Waals surface area contributed by atoms with E-state index < -0.39 is 0 Å². The van der Waals surface area contributed by atoms with Gasteiger partial charge in [-0.25, -0.2) is 0 Å². The lowest BCUT2D eigenvalue weighted by Crippen LogP contribution is -2.49. The summed E-state index contributed by atoms with van der Waals surface area (Å²) in [5.74, 6) is 0.512. The van der Waals surface area contributed by atoms with Crippen molar-refractivity contribution in [1.82, 2.24) is 0 Å². The van der Waals surface area contributed by atoms with Gasteiger partial charge < -0.3 is 9.84 Å². The maximum absolute atomic E-state index is 10.8. The van der Waals surface area contributed by atoms with Crippen LogP contribution < -0.4 is 0 Å². The van der Waals surface area contributed by atoms with Gasteiger partial charge in [-0.2, -0.15) is 0 Å². The molecule has 0 aliphatic heterocycles. The van der Waals surface area contributed by atoms with Crippen molar-refractivity contribution in [3.05, 3.63) is 35.4 Å². The van der Waals surface area contributed by atoms with Crippen molar-refractivity contribution in [2.75, 3.05) is 7.11 Å². The number of aliphatic hydroxyl groups excluding tert-OH is 1. The van der Waals surface area contributed by atoms with Crippen LogP contribution in [0.5, 0.6) is 0 Å². The van der Waals surface area contributed by atoms with Gasteiger partial charge in [-0.05, 0) is 61.0 Å². The Hall–Kier alpha value is -0.860. The number of fused-ring (bicyclic) bond motifs is 1. The molecule has 1 aromatic rings. The van der Waals surface area contributed by atoms with Gasteiger partial charge >= 0.3 is 0 Å². The van der Waals surface area contributed by atoms with Crippen molar-refractivity contribution in [2.45, 2.75) is 70.0 Å². The number of hydrogen-bond acceptors (Lipinski definition) is 2. The summed E-state index contributed by atoms with van der Waals surface area (Å²) in [7, 11) is 1.77. The fraction of sp³-hybridized carbons (Fsp3) is 0.684. The van der Waals surface area contributed by atoms with E-state index >= 15 is 0 Å². The normalized spacial score (nSPS) is 27.5. The largest absolute Gasteiger partial charge is 0.390 e. The van der Waals surface area contributed by atoms with Gasteiger partial charge in [0.25, 0.3) is 0 Å². The zero-order valence-electron chi connectivity index (χ0n) is 13.6. The van der Waals surface area contributed by atoms with Crippen LogP contribution in [0.25, 0.3) is 0 Å². The van der Waals surface area contributed by atoms with Crippen molar-refractivity contribution in [3.63, 3.8) is 0 Å². The molecule has 0 amide bonds. The first-order valence-corrected chi connectivity index (χ1v) is 8.27. The molecule has 3 rings (SSSR count). The maximum atomic E-state index is 10.8. The summed E-state index contributed by atoms with van der Waals surface area (Å²) < 4.78 is 5.84. The Bertz CT molecular complexity index is 496. The zero-order chi connectivity index (χ0) is 15.1. The van der Waals surface area contributed by atoms with Gasteiger partial charge in [0.05, 0.1) is 11.7 Å². The van der Waals surface area contributed by atoms with Crippen LogP contribution in [-0.4, -0.2) is 23.9 Å². The Labute approximate surface area is 128 Å². The first-order valence-electron chi connectivity index (χ1n) is 8.27. The molecular weight excluding hydrogens is 260 g/mol. The number of benzene rings is 1. The molecule has 0 spiro atoms. The van der Waals surface area contributed by atoms with Crippen LogP contribution in [0.15, 0.2) is 24.3 Å². The lowest BCUT2D eigenvalue weighted by atomic mass is 9.66. The third kappa shape index (κ3) is 2.76. The van der Waals surface area contributed by atoms with Crippen molar-refractivity contribution in [3.8, 4) is 0 Å². The van der Waals surface area contributed by atoms with E-state index in [0.717, 1.165) is 38.5 Å². The second kappa shape index (κ2) is 5.40. The minimum absolute atomic E-state index is 0.319. The minimum atomic E-state index is -0.350. The number of methoxy groups -OCH3 is 1. The van der Waals surface area contributed by atoms with Crippen LogP contribution in [0, 0.1) is 5.41 Å². The van der Waals surface area contributed by atoms with Crippen molar-refractivity contribution in [2.24, 2.45) is 5.41 Å². The van der Waals surface area contributed by atoms with E-state index in [4.69, 9.17) is 4.74 Å². The molecule has 2 atom stereocenters. The van der Waals surface area contributed by atoms with Crippen LogP contribution in [-0.2, 0) is 11.2 Å². The third-order valence-electron chi connectivity index (χ3n) is 5.93. The highest BCUT2D eigenvalue weighted by molar-refractivity contribution is 5.40. The molecular formula is C19H28O2. The van der Waals surface area contributed by atoms with Crippen molar-refractivity contribution >= 4 is 0 Å². The molecule has 2 unspecified atom stereocenters. The summed E-state index contributed by atoms with van der Waals surface area (Å²) in [5, 5.41) is 10.8. The summed E-state index contributed by atoms with van der Waals surface area (Å²) in [6, 6.07) is 8.62. The van der Waals surface area contributed by atoms with E-state index in [-0.39, 0.29) is 11.7 Å². The molecule has 1 fully saturated rings. The first-order chi connectivity index (χ1) is 9.96. The molecule has 0 aromatic heterocycles. The van der Waals surface area contributed by atoms with Crippen LogP contribution in [0.4, 0.5) is 0 Å². The smallest absolute Gasteiger partial charge is 0.0937 e. The molecule has 1 aromatic carbocycles. The van der Waals surface area contributed by atoms with Gasteiger partial charge in [0.2, 0.25) is 0 Å². The number of aliphatic hydroxyl groups is 1. The summed E-state index contributed by atoms with van der Waals surface area (Å²) in [5.41, 5.74) is 2.95. The number of hydrogen-bond donors (Lipinski definition) is 1. The average Bonchev–Trinajstić information content (AvgIpc) is 2.45. The van der Waals surface area contributed by atoms with Crippen molar-refractivity contribution in [1.29, 1.82) is 0 Å². The molecule has 0 bridgehead atoms. The van der Waals surface area contributed by atoms with Gasteiger partial charge in [0, 0.05) is 7.11 Å². The Morgan fingerprint density at radius 2 is 1.86 bits per heavy atom. The van der Waals surface area contributed by atoms with Crippen LogP contribution in [0.1, 0.15) is 63.0 Å². The maximum Gasteiger partial charge on any atom is 0.0937 e. The summed E-state index contributed by atoms with van der Waals surface area (Å²) in [6.45, 7) is 4.64. The molecule has 0 radical (unpaired) electrons. The third-order valence-corrected chi connectivity index (χ3v) is 5.93. The Balaban J connectivity index is 1.66. The Morgan fingerprint density at radius 3 is 2.48 bits per heavy atom. The summed E-state index contributed by atoms with van der Waals surface area (Å²) in [4.78, 5) is 0. The van der Waals surface area contributed by atoms with E-state index in [1.54, 1.807) is 7.11 Å². The molecule has 1 saturated carbocycles. The fourth-order valence-electron chi connectivity index (χ4n) is 4.08. The molecule has 2 heteroatoms. The van der Waals surface area contributed by atoms with E-state index in [1.165, 1.54) is 11.1 Å². The average molecular weight is 288 g/mol. The van der Waals surface area contributed by atoms with Gasteiger partial charge in [-0.3, -0.25) is 0 Å². The monoisotopic (exact) mass is 288 g/mol. The molecule has 2 aliphatic rings. The van der Waals surface area contributed by atoms with Gasteiger partial charge in [-0.1, -0.05) is 38.1 Å². The molecule has 21 heavy (non-hydrogen) atoms. The van der Waals surface area contributed by atoms with E-state index in [9.17, 15) is 5.11 Å². The molecule has 116 valence electrons. The van der Waals surface area contributed by atoms with Crippen LogP contribution >= 0.6 is 0 Å². The summed E-state index contributed by atoms with van der Waals surface area (Å²) in [6.07, 6.45) is 5.83. The lowest BCUT2D eigenvalue weighted by molar-refractivity contribution is -0.140. The Morgan fingerprint density at radius 1 is 1.19 bits per heavy atom. The quantitative estimate of drug-likeness (QED) is 0.905. The number of rotatable bonds is 4. The number of ether oxygens (including phenoxy) is 1. The van der Waals surface area contributed by atoms with Crippen molar-refractivity contribution < 1.29 is 9.84 Å². The Kier molecular flexibility index (Phi) is 3.87. The SMILES string of the molecule is COC1(C(O)CC2Cc3ccccc32)CCC(C)(C)CC1. The first kappa shape index (κ1) is 15.1. The van der Waals surface area contributed by atoms with E-state index in [2.05, 4.69) is 38.1 Å². The van der Waals surface area contributed by atoms with E-state index in [1.807, 2.05) is 0 Å². The van der Waals surface area contributed by atoms with Gasteiger partial charge in [0.1, 0.15) is 0 Å². The molecule has 0 saturated heterocycles. The zero-order valence-corrected chi connectivity index (χ0v) is 13.6. The molecule has 2 nitrogen and oxygen atoms in total. The lowest BCUT2D eigenvalue weighted by Gasteiger charge is -2.46. The topological polar surface area (TPSA) is 29.5 Å². The minimum Gasteiger partial charge on any atom is -0.390 e. The van der Waals surface area contributed by atoms with Gasteiger partial charge in [-0.15, -0.1) is 0 Å². The molecule has 2 aliphatic carbocycles. The highest BCUT2D eigenvalue weighted by Crippen LogP contribution is 2.46. The highest BCUT2D eigenvalue weighted by Gasteiger charge is 2.45. The second-order valence-electron chi connectivity index (χ2n) is 7.78. The second-order valence-corrected chi connectivity index (χ2v) is 7.78. The predicted molar refractivity (Wildman–Crippen MR) is 85.5 cm³/mol. The molecule has 1 N–H and O–H groups in total. The van der Waals surface area contributed by atoms with E-state index in [0.29, 0.717) is 11.3 Å². The standard InChI is InChI=1S/C19H28O2/c1-18(2)8-10-19(21-3,11-9-18)17(20)13-15-12-14-6-4-5-7-16(14)15/h4-7,15,17,20H,8-13H2,1-3H3. The highest BCUT2D eigenvalue weighted by atomic mass is 16.5. The fourth-order valence-corrected chi connectivity index (χ4v) is 4.08.